The quantitative estimate of drug-likeness (QED) is 0.767. The van der Waals surface area contributed by atoms with Gasteiger partial charge in [0.05, 0.1) is 7.11 Å². The second-order valence-corrected chi connectivity index (χ2v) is 2.85. The summed E-state index contributed by atoms with van der Waals surface area (Å²) in [7, 11) is 1.08. The average Bonchev–Trinajstić information content (AvgIpc) is 2.20. The highest BCUT2D eigenvalue weighted by Gasteiger charge is 2.20. The van der Waals surface area contributed by atoms with E-state index in [4.69, 9.17) is 0 Å². The summed E-state index contributed by atoms with van der Waals surface area (Å²) >= 11 is 0. The zero-order valence-electron chi connectivity index (χ0n) is 8.12. The molecule has 15 heavy (non-hydrogen) atoms. The number of aromatic nitrogens is 1. The number of esters is 1. The topological polar surface area (TPSA) is 59.4 Å². The lowest BCUT2D eigenvalue weighted by atomic mass is 10.2. The fraction of sp³-hybridized carbons (Fsp3) is 0.333. The molecule has 4 nitrogen and oxygen atoms in total. The molecule has 0 unspecified atom stereocenters. The molecule has 1 heterocycles. The van der Waals surface area contributed by atoms with Crippen molar-refractivity contribution >= 4 is 5.97 Å². The van der Waals surface area contributed by atoms with E-state index in [9.17, 15) is 18.7 Å². The fourth-order valence-corrected chi connectivity index (χ4v) is 1.04. The molecule has 0 saturated carbocycles. The Labute approximate surface area is 84.5 Å². The summed E-state index contributed by atoms with van der Waals surface area (Å²) in [4.78, 5) is 14.4. The third kappa shape index (κ3) is 2.20. The number of pyridine rings is 1. The molecule has 1 rings (SSSR count). The van der Waals surface area contributed by atoms with Gasteiger partial charge < -0.3 is 9.84 Å². The number of nitrogens with zero attached hydrogens (tertiary/aromatic N) is 1. The average molecular weight is 217 g/mol. The van der Waals surface area contributed by atoms with Gasteiger partial charge in [-0.25, -0.2) is 18.6 Å². The molecule has 0 atom stereocenters. The number of rotatable bonds is 2. The number of aromatic hydroxyl groups is 1. The molecule has 0 fully saturated rings. The van der Waals surface area contributed by atoms with Gasteiger partial charge >= 0.3 is 5.97 Å². The van der Waals surface area contributed by atoms with Crippen molar-refractivity contribution in [2.45, 2.75) is 13.3 Å². The van der Waals surface area contributed by atoms with Crippen molar-refractivity contribution in [2.24, 2.45) is 0 Å². The minimum Gasteiger partial charge on any atom is -0.505 e. The van der Waals surface area contributed by atoms with Gasteiger partial charge in [-0.1, -0.05) is 0 Å². The van der Waals surface area contributed by atoms with E-state index in [1.807, 2.05) is 0 Å². The van der Waals surface area contributed by atoms with Crippen LogP contribution >= 0.6 is 0 Å². The minimum atomic E-state index is -2.80. The minimum absolute atomic E-state index is 0.153. The molecule has 0 aliphatic carbocycles. The lowest BCUT2D eigenvalue weighted by Crippen LogP contribution is -2.08. The molecule has 1 aromatic rings. The number of aryl methyl sites for hydroxylation is 1. The van der Waals surface area contributed by atoms with Crippen LogP contribution in [0.1, 0.15) is 28.2 Å². The highest BCUT2D eigenvalue weighted by atomic mass is 19.3. The number of hydrogen-bond acceptors (Lipinski definition) is 4. The van der Waals surface area contributed by atoms with Gasteiger partial charge in [0, 0.05) is 0 Å². The maximum Gasteiger partial charge on any atom is 0.360 e. The Morgan fingerprint density at radius 3 is 2.67 bits per heavy atom. The maximum absolute atomic E-state index is 12.3. The highest BCUT2D eigenvalue weighted by molar-refractivity contribution is 5.90. The fourth-order valence-electron chi connectivity index (χ4n) is 1.04. The zero-order chi connectivity index (χ0) is 11.6. The molecule has 0 amide bonds. The van der Waals surface area contributed by atoms with E-state index in [1.54, 1.807) is 0 Å². The van der Waals surface area contributed by atoms with Crippen LogP contribution in [0.5, 0.6) is 5.75 Å². The first-order chi connectivity index (χ1) is 6.97. The summed E-state index contributed by atoms with van der Waals surface area (Å²) in [5.41, 5.74) is -0.904. The van der Waals surface area contributed by atoms with Crippen LogP contribution in [0.25, 0.3) is 0 Å². The van der Waals surface area contributed by atoms with Gasteiger partial charge in [0.15, 0.2) is 11.4 Å². The predicted molar refractivity (Wildman–Crippen MR) is 46.9 cm³/mol. The standard InChI is InChI=1S/C9H9F2NO3/c1-4-3-5(8(10)11)12-6(7(4)13)9(14)15-2/h3,8,13H,1-2H3. The van der Waals surface area contributed by atoms with E-state index in [1.165, 1.54) is 6.92 Å². The lowest BCUT2D eigenvalue weighted by Gasteiger charge is -2.07. The Kier molecular flexibility index (Phi) is 3.18. The van der Waals surface area contributed by atoms with Crippen molar-refractivity contribution in [1.82, 2.24) is 4.98 Å². The Morgan fingerprint density at radius 1 is 1.60 bits per heavy atom. The molecular weight excluding hydrogens is 208 g/mol. The van der Waals surface area contributed by atoms with Crippen LogP contribution in [-0.2, 0) is 4.74 Å². The number of alkyl halides is 2. The van der Waals surface area contributed by atoms with Crippen molar-refractivity contribution < 1.29 is 23.4 Å². The molecule has 0 radical (unpaired) electrons. The van der Waals surface area contributed by atoms with Crippen molar-refractivity contribution in [3.63, 3.8) is 0 Å². The van der Waals surface area contributed by atoms with Crippen LogP contribution < -0.4 is 0 Å². The first kappa shape index (κ1) is 11.4. The van der Waals surface area contributed by atoms with Crippen molar-refractivity contribution in [3.8, 4) is 5.75 Å². The molecule has 0 bridgehead atoms. The molecule has 0 aliphatic heterocycles. The van der Waals surface area contributed by atoms with E-state index >= 15 is 0 Å². The first-order valence-electron chi connectivity index (χ1n) is 4.04. The van der Waals surface area contributed by atoms with E-state index in [0.717, 1.165) is 13.2 Å². The summed E-state index contributed by atoms with van der Waals surface area (Å²) in [5.74, 6) is -1.38. The van der Waals surface area contributed by atoms with Crippen LogP contribution in [0, 0.1) is 6.92 Å². The third-order valence-electron chi connectivity index (χ3n) is 1.81. The highest BCUT2D eigenvalue weighted by Crippen LogP contribution is 2.26. The van der Waals surface area contributed by atoms with Crippen molar-refractivity contribution in [2.75, 3.05) is 7.11 Å². The summed E-state index contributed by atoms with van der Waals surface area (Å²) in [6.07, 6.45) is -2.80. The second kappa shape index (κ2) is 4.20. The zero-order valence-corrected chi connectivity index (χ0v) is 8.12. The monoisotopic (exact) mass is 217 g/mol. The number of ether oxygens (including phenoxy) is 1. The maximum atomic E-state index is 12.3. The third-order valence-corrected chi connectivity index (χ3v) is 1.81. The van der Waals surface area contributed by atoms with Gasteiger partial charge in [-0.3, -0.25) is 0 Å². The van der Waals surface area contributed by atoms with Crippen LogP contribution in [0.3, 0.4) is 0 Å². The Hall–Kier alpha value is -1.72. The van der Waals surface area contributed by atoms with E-state index in [-0.39, 0.29) is 5.56 Å². The van der Waals surface area contributed by atoms with E-state index in [2.05, 4.69) is 9.72 Å². The number of hydrogen-bond donors (Lipinski definition) is 1. The number of halogens is 2. The van der Waals surface area contributed by atoms with Crippen LogP contribution in [0.4, 0.5) is 8.78 Å². The van der Waals surface area contributed by atoms with Gasteiger partial charge in [-0.05, 0) is 18.6 Å². The van der Waals surface area contributed by atoms with Crippen molar-refractivity contribution in [3.05, 3.63) is 23.0 Å². The Bertz CT molecular complexity index is 393. The number of methoxy groups -OCH3 is 1. The predicted octanol–water partition coefficient (Wildman–Crippen LogP) is 1.82. The molecule has 0 aliphatic rings. The summed E-state index contributed by atoms with van der Waals surface area (Å²) in [5, 5.41) is 9.40. The van der Waals surface area contributed by atoms with Crippen molar-refractivity contribution in [1.29, 1.82) is 0 Å². The van der Waals surface area contributed by atoms with Crippen LogP contribution in [0.15, 0.2) is 6.07 Å². The molecule has 0 saturated heterocycles. The molecular formula is C9H9F2NO3. The van der Waals surface area contributed by atoms with Crippen LogP contribution in [-0.4, -0.2) is 23.2 Å². The normalized spacial score (nSPS) is 10.5. The molecule has 82 valence electrons. The van der Waals surface area contributed by atoms with E-state index < -0.39 is 29.5 Å². The number of carbonyl (C=O) groups is 1. The Balaban J connectivity index is 3.31. The lowest BCUT2D eigenvalue weighted by molar-refractivity contribution is 0.0588. The number of carbonyl (C=O) groups excluding carboxylic acids is 1. The van der Waals surface area contributed by atoms with Gasteiger partial charge in [0.2, 0.25) is 0 Å². The van der Waals surface area contributed by atoms with Gasteiger partial charge in [0.25, 0.3) is 6.43 Å². The SMILES string of the molecule is COC(=O)c1nc(C(F)F)cc(C)c1O. The van der Waals surface area contributed by atoms with Gasteiger partial charge in [-0.15, -0.1) is 0 Å². The first-order valence-corrected chi connectivity index (χ1v) is 4.04. The molecule has 1 aromatic heterocycles. The summed E-state index contributed by atoms with van der Waals surface area (Å²) < 4.78 is 29.0. The molecule has 0 aromatic carbocycles. The van der Waals surface area contributed by atoms with E-state index in [0.29, 0.717) is 0 Å². The smallest absolute Gasteiger partial charge is 0.360 e. The second-order valence-electron chi connectivity index (χ2n) is 2.85. The Morgan fingerprint density at radius 2 is 2.20 bits per heavy atom. The molecule has 0 spiro atoms. The van der Waals surface area contributed by atoms with Crippen LogP contribution in [0.2, 0.25) is 0 Å². The largest absolute Gasteiger partial charge is 0.505 e. The molecule has 6 heteroatoms. The van der Waals surface area contributed by atoms with Gasteiger partial charge in [-0.2, -0.15) is 0 Å². The summed E-state index contributed by atoms with van der Waals surface area (Å²) in [6.45, 7) is 1.40. The van der Waals surface area contributed by atoms with Gasteiger partial charge in [0.1, 0.15) is 5.69 Å². The summed E-state index contributed by atoms with van der Waals surface area (Å²) in [6, 6.07) is 1.02. The molecule has 1 N–H and O–H groups in total.